The van der Waals surface area contributed by atoms with Crippen LogP contribution in [0.3, 0.4) is 0 Å². The van der Waals surface area contributed by atoms with E-state index in [4.69, 9.17) is 0 Å². The van der Waals surface area contributed by atoms with Gasteiger partial charge in [0, 0.05) is 18.1 Å². The molecule has 0 bridgehead atoms. The Morgan fingerprint density at radius 1 is 0.962 bits per heavy atom. The van der Waals surface area contributed by atoms with Crippen LogP contribution in [-0.4, -0.2) is 27.4 Å². The van der Waals surface area contributed by atoms with Crippen LogP contribution in [0.1, 0.15) is 6.92 Å². The number of rotatable bonds is 3. The van der Waals surface area contributed by atoms with Gasteiger partial charge in [0.2, 0.25) is 5.91 Å². The first-order chi connectivity index (χ1) is 12.4. The van der Waals surface area contributed by atoms with Crippen molar-refractivity contribution >= 4 is 38.1 Å². The summed E-state index contributed by atoms with van der Waals surface area (Å²) in [4.78, 5) is 14.8. The Labute approximate surface area is 152 Å². The van der Waals surface area contributed by atoms with E-state index in [1.807, 2.05) is 48.5 Å². The van der Waals surface area contributed by atoms with Gasteiger partial charge in [0.05, 0.1) is 10.6 Å². The normalized spacial score (nSPS) is 15.8. The van der Waals surface area contributed by atoms with Crippen molar-refractivity contribution < 1.29 is 13.2 Å². The molecule has 4 rings (SSSR count). The number of amides is 1. The summed E-state index contributed by atoms with van der Waals surface area (Å²) in [7, 11) is -2.12. The molecule has 1 heterocycles. The number of carbonyl (C=O) groups is 1. The van der Waals surface area contributed by atoms with Crippen LogP contribution in [-0.2, 0) is 14.8 Å². The van der Waals surface area contributed by atoms with Crippen molar-refractivity contribution in [1.29, 1.82) is 0 Å². The maximum atomic E-state index is 13.1. The molecular weight excluding hydrogens is 348 g/mol. The smallest absolute Gasteiger partial charge is 0.265 e. The van der Waals surface area contributed by atoms with Crippen molar-refractivity contribution in [3.8, 4) is 0 Å². The van der Waals surface area contributed by atoms with E-state index in [-0.39, 0.29) is 10.8 Å². The standard InChI is InChI=1S/C20H18N2O3S/c1-14(20(23)21(2)16-10-4-3-5-11-16)22-17-12-6-8-15-9-7-13-18(19(15)17)26(22,24)25/h3-14H,1-2H3/t14-/m0/s1. The van der Waals surface area contributed by atoms with Crippen LogP contribution in [0, 0.1) is 0 Å². The fourth-order valence-corrected chi connectivity index (χ4v) is 5.36. The third-order valence-electron chi connectivity index (χ3n) is 4.80. The average molecular weight is 366 g/mol. The van der Waals surface area contributed by atoms with Crippen LogP contribution in [0.15, 0.2) is 71.6 Å². The van der Waals surface area contributed by atoms with Crippen LogP contribution in [0.25, 0.3) is 10.8 Å². The second-order valence-electron chi connectivity index (χ2n) is 6.34. The molecule has 1 amide bonds. The summed E-state index contributed by atoms with van der Waals surface area (Å²) in [5.74, 6) is -0.287. The van der Waals surface area contributed by atoms with E-state index < -0.39 is 16.1 Å². The van der Waals surface area contributed by atoms with Gasteiger partial charge in [-0.15, -0.1) is 0 Å². The van der Waals surface area contributed by atoms with E-state index in [1.165, 1.54) is 9.21 Å². The lowest BCUT2D eigenvalue weighted by atomic mass is 10.1. The van der Waals surface area contributed by atoms with Gasteiger partial charge in [-0.3, -0.25) is 9.10 Å². The van der Waals surface area contributed by atoms with Crippen molar-refractivity contribution in [2.24, 2.45) is 0 Å². The van der Waals surface area contributed by atoms with Crippen LogP contribution < -0.4 is 9.21 Å². The largest absolute Gasteiger partial charge is 0.314 e. The number of likely N-dealkylation sites (N-methyl/N-ethyl adjacent to an activating group) is 1. The van der Waals surface area contributed by atoms with Gasteiger partial charge in [-0.05, 0) is 36.6 Å². The number of para-hydroxylation sites is 1. The fraction of sp³-hybridized carbons (Fsp3) is 0.150. The van der Waals surface area contributed by atoms with Gasteiger partial charge in [0.15, 0.2) is 0 Å². The van der Waals surface area contributed by atoms with Gasteiger partial charge in [-0.25, -0.2) is 8.42 Å². The van der Waals surface area contributed by atoms with Gasteiger partial charge >= 0.3 is 0 Å². The number of sulfonamides is 1. The molecule has 0 N–H and O–H groups in total. The number of hydrogen-bond donors (Lipinski definition) is 0. The summed E-state index contributed by atoms with van der Waals surface area (Å²) in [6.45, 7) is 1.63. The molecule has 0 radical (unpaired) electrons. The van der Waals surface area contributed by atoms with Crippen LogP contribution in [0.4, 0.5) is 11.4 Å². The average Bonchev–Trinajstić information content (AvgIpc) is 2.89. The summed E-state index contributed by atoms with van der Waals surface area (Å²) in [6.07, 6.45) is 0. The maximum Gasteiger partial charge on any atom is 0.265 e. The molecule has 1 aliphatic rings. The van der Waals surface area contributed by atoms with E-state index in [0.29, 0.717) is 11.1 Å². The van der Waals surface area contributed by atoms with Gasteiger partial charge in [0.1, 0.15) is 6.04 Å². The van der Waals surface area contributed by atoms with E-state index >= 15 is 0 Å². The predicted octanol–water partition coefficient (Wildman–Crippen LogP) is 3.40. The molecule has 0 aromatic heterocycles. The first-order valence-corrected chi connectivity index (χ1v) is 9.76. The lowest BCUT2D eigenvalue weighted by molar-refractivity contribution is -0.119. The van der Waals surface area contributed by atoms with E-state index in [0.717, 1.165) is 11.1 Å². The molecule has 132 valence electrons. The van der Waals surface area contributed by atoms with Gasteiger partial charge in [-0.2, -0.15) is 0 Å². The third-order valence-corrected chi connectivity index (χ3v) is 6.73. The Kier molecular flexibility index (Phi) is 3.73. The molecular formula is C20H18N2O3S. The minimum atomic E-state index is -3.77. The molecule has 1 atom stereocenters. The highest BCUT2D eigenvalue weighted by Crippen LogP contribution is 2.43. The monoisotopic (exact) mass is 366 g/mol. The predicted molar refractivity (Wildman–Crippen MR) is 103 cm³/mol. The van der Waals surface area contributed by atoms with Crippen LogP contribution in [0.5, 0.6) is 0 Å². The topological polar surface area (TPSA) is 57.7 Å². The van der Waals surface area contributed by atoms with Crippen LogP contribution >= 0.6 is 0 Å². The zero-order chi connectivity index (χ0) is 18.5. The van der Waals surface area contributed by atoms with Crippen molar-refractivity contribution in [3.63, 3.8) is 0 Å². The molecule has 5 nitrogen and oxygen atoms in total. The Hall–Kier alpha value is -2.86. The summed E-state index contributed by atoms with van der Waals surface area (Å²) in [6, 6.07) is 19.0. The zero-order valence-electron chi connectivity index (χ0n) is 14.5. The van der Waals surface area contributed by atoms with Crippen molar-refractivity contribution in [2.45, 2.75) is 17.9 Å². The van der Waals surface area contributed by atoms with E-state index in [1.54, 1.807) is 32.2 Å². The minimum absolute atomic E-state index is 0.257. The Morgan fingerprint density at radius 3 is 2.31 bits per heavy atom. The molecule has 0 fully saturated rings. The number of anilines is 2. The highest BCUT2D eigenvalue weighted by Gasteiger charge is 2.41. The highest BCUT2D eigenvalue weighted by molar-refractivity contribution is 7.93. The summed E-state index contributed by atoms with van der Waals surface area (Å²) < 4.78 is 27.5. The Morgan fingerprint density at radius 2 is 1.62 bits per heavy atom. The first kappa shape index (κ1) is 16.6. The van der Waals surface area contributed by atoms with Gasteiger partial charge < -0.3 is 4.90 Å². The van der Waals surface area contributed by atoms with Crippen molar-refractivity contribution in [3.05, 3.63) is 66.7 Å². The molecule has 26 heavy (non-hydrogen) atoms. The number of hydrogen-bond acceptors (Lipinski definition) is 3. The molecule has 3 aromatic carbocycles. The maximum absolute atomic E-state index is 13.1. The number of benzene rings is 3. The quantitative estimate of drug-likeness (QED) is 0.714. The SMILES string of the molecule is C[C@@H](C(=O)N(C)c1ccccc1)N1c2cccc3cccc(c23)S1(=O)=O. The number of nitrogens with zero attached hydrogens (tertiary/aromatic N) is 2. The molecule has 0 saturated carbocycles. The lowest BCUT2D eigenvalue weighted by Gasteiger charge is -2.29. The van der Waals surface area contributed by atoms with Crippen LogP contribution in [0.2, 0.25) is 0 Å². The summed E-state index contributed by atoms with van der Waals surface area (Å²) in [5.41, 5.74) is 1.28. The van der Waals surface area contributed by atoms with Gasteiger partial charge in [0.25, 0.3) is 10.0 Å². The second-order valence-corrected chi connectivity index (χ2v) is 8.12. The number of carbonyl (C=O) groups excluding carboxylic acids is 1. The minimum Gasteiger partial charge on any atom is -0.314 e. The van der Waals surface area contributed by atoms with Crippen molar-refractivity contribution in [2.75, 3.05) is 16.3 Å². The second kappa shape index (κ2) is 5.85. The third kappa shape index (κ3) is 2.29. The summed E-state index contributed by atoms with van der Waals surface area (Å²) in [5, 5.41) is 1.53. The molecule has 3 aromatic rings. The highest BCUT2D eigenvalue weighted by atomic mass is 32.2. The van der Waals surface area contributed by atoms with Gasteiger partial charge in [-0.1, -0.05) is 42.5 Å². The lowest BCUT2D eigenvalue weighted by Crippen LogP contribution is -2.47. The Bertz CT molecular complexity index is 1110. The zero-order valence-corrected chi connectivity index (χ0v) is 15.3. The molecule has 6 heteroatoms. The molecule has 0 aliphatic carbocycles. The molecule has 0 saturated heterocycles. The fourth-order valence-electron chi connectivity index (χ4n) is 3.50. The molecule has 0 unspecified atom stereocenters. The Balaban J connectivity index is 1.79. The van der Waals surface area contributed by atoms with E-state index in [9.17, 15) is 13.2 Å². The van der Waals surface area contributed by atoms with Crippen molar-refractivity contribution in [1.82, 2.24) is 0 Å². The summed E-state index contributed by atoms with van der Waals surface area (Å²) >= 11 is 0. The first-order valence-electron chi connectivity index (χ1n) is 8.32. The molecule has 1 aliphatic heterocycles. The molecule has 0 spiro atoms. The van der Waals surface area contributed by atoms with E-state index in [2.05, 4.69) is 0 Å².